The summed E-state index contributed by atoms with van der Waals surface area (Å²) in [7, 11) is -3.86. The van der Waals surface area contributed by atoms with E-state index in [4.69, 9.17) is 0 Å². The van der Waals surface area contributed by atoms with Gasteiger partial charge in [0.05, 0.1) is 4.90 Å². The molecular formula is C20H21FN2O3S. The van der Waals surface area contributed by atoms with Crippen LogP contribution < -0.4 is 4.90 Å². The molecule has 2 aromatic rings. The fourth-order valence-corrected chi connectivity index (χ4v) is 5.48. The summed E-state index contributed by atoms with van der Waals surface area (Å²) in [6.45, 7) is 2.09. The van der Waals surface area contributed by atoms with Crippen molar-refractivity contribution in [3.8, 4) is 0 Å². The van der Waals surface area contributed by atoms with Crippen molar-refractivity contribution >= 4 is 21.6 Å². The van der Waals surface area contributed by atoms with Crippen LogP contribution in [-0.4, -0.2) is 37.8 Å². The number of hydrogen-bond donors (Lipinski definition) is 0. The number of nitrogens with zero attached hydrogens (tertiary/aromatic N) is 2. The van der Waals surface area contributed by atoms with Crippen molar-refractivity contribution < 1.29 is 17.6 Å². The molecule has 142 valence electrons. The van der Waals surface area contributed by atoms with Crippen molar-refractivity contribution in [3.05, 3.63) is 59.4 Å². The second kappa shape index (κ2) is 6.73. The Bertz CT molecular complexity index is 989. The summed E-state index contributed by atoms with van der Waals surface area (Å²) in [5.41, 5.74) is 3.43. The second-order valence-electron chi connectivity index (χ2n) is 7.04. The number of sulfonamides is 1. The van der Waals surface area contributed by atoms with E-state index < -0.39 is 21.9 Å². The van der Waals surface area contributed by atoms with Crippen LogP contribution in [0.25, 0.3) is 0 Å². The van der Waals surface area contributed by atoms with E-state index >= 15 is 0 Å². The van der Waals surface area contributed by atoms with Crippen molar-refractivity contribution in [1.29, 1.82) is 0 Å². The number of halogens is 1. The highest BCUT2D eigenvalue weighted by Crippen LogP contribution is 2.30. The average Bonchev–Trinajstić information content (AvgIpc) is 3.12. The molecular weight excluding hydrogens is 367 g/mol. The molecule has 7 heteroatoms. The van der Waals surface area contributed by atoms with Gasteiger partial charge in [0.2, 0.25) is 15.9 Å². The summed E-state index contributed by atoms with van der Waals surface area (Å²) >= 11 is 0. The minimum Gasteiger partial charge on any atom is -0.310 e. The standard InChI is InChI=1S/C20H21FN2O3S/c1-14-20(24)22(18-8-5-15-3-2-4-16(15)13-18)11-12-23(14)27(25,26)19-9-6-17(21)7-10-19/h5-10,13-14H,2-4,11-12H2,1H3. The summed E-state index contributed by atoms with van der Waals surface area (Å²) in [4.78, 5) is 14.6. The van der Waals surface area contributed by atoms with E-state index in [1.807, 2.05) is 6.07 Å². The van der Waals surface area contributed by atoms with Gasteiger partial charge in [-0.15, -0.1) is 0 Å². The summed E-state index contributed by atoms with van der Waals surface area (Å²) in [6.07, 6.45) is 3.22. The molecule has 0 N–H and O–H groups in total. The molecule has 1 aliphatic heterocycles. The summed E-state index contributed by atoms with van der Waals surface area (Å²) in [6, 6.07) is 9.93. The number of piperazine rings is 1. The molecule has 1 unspecified atom stereocenters. The Balaban J connectivity index is 1.59. The highest BCUT2D eigenvalue weighted by Gasteiger charge is 2.39. The van der Waals surface area contributed by atoms with Crippen LogP contribution in [-0.2, 0) is 27.7 Å². The molecule has 27 heavy (non-hydrogen) atoms. The Labute approximate surface area is 158 Å². The Morgan fingerprint density at radius 1 is 1.00 bits per heavy atom. The monoisotopic (exact) mass is 388 g/mol. The minimum atomic E-state index is -3.86. The number of rotatable bonds is 3. The highest BCUT2D eigenvalue weighted by atomic mass is 32.2. The number of hydrogen-bond acceptors (Lipinski definition) is 3. The zero-order chi connectivity index (χ0) is 19.2. The molecule has 0 aromatic heterocycles. The molecule has 1 aliphatic carbocycles. The molecule has 1 saturated heterocycles. The Morgan fingerprint density at radius 3 is 2.44 bits per heavy atom. The number of aryl methyl sites for hydroxylation is 2. The first-order chi connectivity index (χ1) is 12.9. The van der Waals surface area contributed by atoms with Crippen LogP contribution in [0.5, 0.6) is 0 Å². The van der Waals surface area contributed by atoms with Crippen LogP contribution in [0, 0.1) is 5.82 Å². The van der Waals surface area contributed by atoms with Gasteiger partial charge in [-0.05, 0) is 73.7 Å². The van der Waals surface area contributed by atoms with Gasteiger partial charge in [-0.2, -0.15) is 4.31 Å². The van der Waals surface area contributed by atoms with Crippen molar-refractivity contribution in [3.63, 3.8) is 0 Å². The zero-order valence-electron chi connectivity index (χ0n) is 15.1. The summed E-state index contributed by atoms with van der Waals surface area (Å²) < 4.78 is 40.1. The van der Waals surface area contributed by atoms with Crippen LogP contribution in [0.3, 0.4) is 0 Å². The van der Waals surface area contributed by atoms with Gasteiger partial charge in [-0.25, -0.2) is 12.8 Å². The Morgan fingerprint density at radius 2 is 1.70 bits per heavy atom. The first kappa shape index (κ1) is 18.1. The first-order valence-corrected chi connectivity index (χ1v) is 10.5. The third-order valence-corrected chi connectivity index (χ3v) is 7.40. The molecule has 1 fully saturated rings. The van der Waals surface area contributed by atoms with E-state index in [-0.39, 0.29) is 17.3 Å². The Hall–Kier alpha value is -2.25. The fraction of sp³-hybridized carbons (Fsp3) is 0.350. The van der Waals surface area contributed by atoms with E-state index in [9.17, 15) is 17.6 Å². The molecule has 2 aromatic carbocycles. The molecule has 1 heterocycles. The molecule has 0 radical (unpaired) electrons. The lowest BCUT2D eigenvalue weighted by atomic mass is 10.1. The van der Waals surface area contributed by atoms with Gasteiger partial charge in [-0.1, -0.05) is 6.07 Å². The second-order valence-corrected chi connectivity index (χ2v) is 8.93. The van der Waals surface area contributed by atoms with Gasteiger partial charge in [0.15, 0.2) is 0 Å². The van der Waals surface area contributed by atoms with E-state index in [0.717, 1.165) is 37.1 Å². The number of fused-ring (bicyclic) bond motifs is 1. The van der Waals surface area contributed by atoms with E-state index in [2.05, 4.69) is 12.1 Å². The van der Waals surface area contributed by atoms with Gasteiger partial charge < -0.3 is 4.90 Å². The summed E-state index contributed by atoms with van der Waals surface area (Å²) in [5.74, 6) is -0.746. The molecule has 0 bridgehead atoms. The molecule has 0 saturated carbocycles. The van der Waals surface area contributed by atoms with Crippen molar-refractivity contribution in [2.24, 2.45) is 0 Å². The van der Waals surface area contributed by atoms with Crippen molar-refractivity contribution in [2.45, 2.75) is 37.1 Å². The lowest BCUT2D eigenvalue weighted by Crippen LogP contribution is -2.57. The van der Waals surface area contributed by atoms with Crippen molar-refractivity contribution in [2.75, 3.05) is 18.0 Å². The molecule has 2 aliphatic rings. The van der Waals surface area contributed by atoms with Gasteiger partial charge in [0.25, 0.3) is 0 Å². The smallest absolute Gasteiger partial charge is 0.245 e. The largest absolute Gasteiger partial charge is 0.310 e. The molecule has 4 rings (SSSR count). The van der Waals surface area contributed by atoms with Gasteiger partial charge >= 0.3 is 0 Å². The van der Waals surface area contributed by atoms with Crippen LogP contribution in [0.15, 0.2) is 47.4 Å². The van der Waals surface area contributed by atoms with Crippen molar-refractivity contribution in [1.82, 2.24) is 4.31 Å². The van der Waals surface area contributed by atoms with Gasteiger partial charge in [0, 0.05) is 18.8 Å². The molecule has 0 spiro atoms. The van der Waals surface area contributed by atoms with Gasteiger partial charge in [0.1, 0.15) is 11.9 Å². The zero-order valence-corrected chi connectivity index (χ0v) is 15.9. The maximum atomic E-state index is 13.1. The third kappa shape index (κ3) is 3.15. The molecule has 1 amide bonds. The number of benzene rings is 2. The third-order valence-electron chi connectivity index (χ3n) is 5.41. The lowest BCUT2D eigenvalue weighted by Gasteiger charge is -2.38. The number of carbonyl (C=O) groups is 1. The maximum absolute atomic E-state index is 13.1. The normalized spacial score (nSPS) is 20.7. The number of anilines is 1. The predicted octanol–water partition coefficient (Wildman–Crippen LogP) is 2.74. The minimum absolute atomic E-state index is 0.00506. The molecule has 1 atom stereocenters. The highest BCUT2D eigenvalue weighted by molar-refractivity contribution is 7.89. The van der Waals surface area contributed by atoms with E-state index in [1.165, 1.54) is 27.6 Å². The predicted molar refractivity (Wildman–Crippen MR) is 101 cm³/mol. The van der Waals surface area contributed by atoms with Crippen LogP contribution in [0.1, 0.15) is 24.5 Å². The average molecular weight is 388 g/mol. The van der Waals surface area contributed by atoms with Crippen LogP contribution in [0.4, 0.5) is 10.1 Å². The number of carbonyl (C=O) groups excluding carboxylic acids is 1. The van der Waals surface area contributed by atoms with Gasteiger partial charge in [-0.3, -0.25) is 4.79 Å². The van der Waals surface area contributed by atoms with Crippen LogP contribution >= 0.6 is 0 Å². The van der Waals surface area contributed by atoms with Crippen LogP contribution in [0.2, 0.25) is 0 Å². The topological polar surface area (TPSA) is 57.7 Å². The van der Waals surface area contributed by atoms with E-state index in [1.54, 1.807) is 11.8 Å². The molecule has 5 nitrogen and oxygen atoms in total. The number of amides is 1. The first-order valence-electron chi connectivity index (χ1n) is 9.08. The Kier molecular flexibility index (Phi) is 4.52. The quantitative estimate of drug-likeness (QED) is 0.812. The van der Waals surface area contributed by atoms with E-state index in [0.29, 0.717) is 6.54 Å². The summed E-state index contributed by atoms with van der Waals surface area (Å²) in [5, 5.41) is 0. The maximum Gasteiger partial charge on any atom is 0.245 e. The lowest BCUT2D eigenvalue weighted by molar-refractivity contribution is -0.123. The fourth-order valence-electron chi connectivity index (χ4n) is 3.90. The SMILES string of the molecule is CC1C(=O)N(c2ccc3c(c2)CCC3)CCN1S(=O)(=O)c1ccc(F)cc1.